The van der Waals surface area contributed by atoms with E-state index in [0.717, 1.165) is 19.3 Å². The molecule has 4 atom stereocenters. The van der Waals surface area contributed by atoms with Crippen molar-refractivity contribution in [3.63, 3.8) is 0 Å². The first-order valence-corrected chi connectivity index (χ1v) is 9.29. The zero-order valence-corrected chi connectivity index (χ0v) is 14.9. The zero-order chi connectivity index (χ0) is 16.2. The molecule has 2 aliphatic heterocycles. The lowest BCUT2D eigenvalue weighted by Crippen LogP contribution is -2.54. The summed E-state index contributed by atoms with van der Waals surface area (Å²) in [5, 5.41) is 10.0. The monoisotopic (exact) mass is 313 g/mol. The topological polar surface area (TPSA) is 41.9 Å². The number of hydrogen-bond donors (Lipinski definition) is 1. The molecule has 0 amide bonds. The molecular weight excluding hydrogens is 278 g/mol. The van der Waals surface area contributed by atoms with Crippen LogP contribution >= 0.6 is 0 Å². The van der Waals surface area contributed by atoms with Gasteiger partial charge in [0.1, 0.15) is 12.5 Å². The number of aliphatic hydroxyl groups is 1. The SMILES string of the molecule is CCCCC(CC)C1OCC2(CO)COC(C(CC)CC)N12. The summed E-state index contributed by atoms with van der Waals surface area (Å²) in [6.45, 7) is 10.3. The van der Waals surface area contributed by atoms with E-state index in [1.807, 2.05) is 0 Å². The van der Waals surface area contributed by atoms with Crippen molar-refractivity contribution in [2.24, 2.45) is 11.8 Å². The van der Waals surface area contributed by atoms with Crippen LogP contribution < -0.4 is 0 Å². The summed E-state index contributed by atoms with van der Waals surface area (Å²) in [5.41, 5.74) is -0.308. The first-order valence-electron chi connectivity index (χ1n) is 9.29. The van der Waals surface area contributed by atoms with Crippen molar-refractivity contribution in [1.82, 2.24) is 4.90 Å². The molecule has 0 aliphatic carbocycles. The molecule has 0 aromatic heterocycles. The van der Waals surface area contributed by atoms with Gasteiger partial charge >= 0.3 is 0 Å². The zero-order valence-electron chi connectivity index (χ0n) is 14.9. The Bertz CT molecular complexity index is 334. The number of hydrogen-bond acceptors (Lipinski definition) is 4. The van der Waals surface area contributed by atoms with E-state index in [1.165, 1.54) is 19.3 Å². The summed E-state index contributed by atoms with van der Waals surface area (Å²) in [4.78, 5) is 2.41. The van der Waals surface area contributed by atoms with Crippen LogP contribution in [0.25, 0.3) is 0 Å². The van der Waals surface area contributed by atoms with Gasteiger partial charge in [0.2, 0.25) is 0 Å². The molecule has 2 rings (SSSR count). The van der Waals surface area contributed by atoms with Crippen molar-refractivity contribution < 1.29 is 14.6 Å². The van der Waals surface area contributed by atoms with Crippen LogP contribution in [0.5, 0.6) is 0 Å². The van der Waals surface area contributed by atoms with Crippen molar-refractivity contribution in [3.05, 3.63) is 0 Å². The average molecular weight is 313 g/mol. The lowest BCUT2D eigenvalue weighted by Gasteiger charge is -2.38. The molecule has 2 saturated heterocycles. The van der Waals surface area contributed by atoms with Crippen LogP contribution in [0.1, 0.15) is 66.2 Å². The third kappa shape index (κ3) is 3.21. The van der Waals surface area contributed by atoms with Gasteiger partial charge in [0.25, 0.3) is 0 Å². The van der Waals surface area contributed by atoms with E-state index in [1.54, 1.807) is 0 Å². The summed E-state index contributed by atoms with van der Waals surface area (Å²) < 4.78 is 12.4. The second kappa shape index (κ2) is 8.09. The van der Waals surface area contributed by atoms with Gasteiger partial charge in [0.15, 0.2) is 0 Å². The second-order valence-electron chi connectivity index (χ2n) is 7.08. The lowest BCUT2D eigenvalue weighted by molar-refractivity contribution is -0.110. The first-order chi connectivity index (χ1) is 10.7. The van der Waals surface area contributed by atoms with Gasteiger partial charge in [-0.1, -0.05) is 40.5 Å². The number of aliphatic hydroxyl groups excluding tert-OH is 1. The molecule has 22 heavy (non-hydrogen) atoms. The number of nitrogens with zero attached hydrogens (tertiary/aromatic N) is 1. The molecule has 0 bridgehead atoms. The molecule has 4 unspecified atom stereocenters. The van der Waals surface area contributed by atoms with Crippen molar-refractivity contribution in [3.8, 4) is 0 Å². The third-order valence-electron chi connectivity index (χ3n) is 5.74. The Morgan fingerprint density at radius 3 is 2.00 bits per heavy atom. The van der Waals surface area contributed by atoms with Gasteiger partial charge in [0.05, 0.1) is 25.4 Å². The molecule has 130 valence electrons. The van der Waals surface area contributed by atoms with Crippen molar-refractivity contribution >= 4 is 0 Å². The van der Waals surface area contributed by atoms with Gasteiger partial charge in [-0.05, 0) is 37.5 Å². The van der Waals surface area contributed by atoms with Crippen LogP contribution in [0.15, 0.2) is 0 Å². The van der Waals surface area contributed by atoms with Crippen molar-refractivity contribution in [2.75, 3.05) is 19.8 Å². The summed E-state index contributed by atoms with van der Waals surface area (Å²) in [6.07, 6.45) is 7.22. The van der Waals surface area contributed by atoms with E-state index in [4.69, 9.17) is 9.47 Å². The van der Waals surface area contributed by atoms with Gasteiger partial charge in [-0.25, -0.2) is 4.90 Å². The first kappa shape index (κ1) is 18.2. The number of unbranched alkanes of at least 4 members (excludes halogenated alkanes) is 1. The highest BCUT2D eigenvalue weighted by Crippen LogP contribution is 2.43. The molecule has 0 saturated carbocycles. The minimum absolute atomic E-state index is 0.102. The smallest absolute Gasteiger partial charge is 0.116 e. The maximum Gasteiger partial charge on any atom is 0.116 e. The highest BCUT2D eigenvalue weighted by atomic mass is 16.6. The second-order valence-corrected chi connectivity index (χ2v) is 7.08. The molecule has 0 spiro atoms. The number of fused-ring (bicyclic) bond motifs is 1. The highest BCUT2D eigenvalue weighted by molar-refractivity contribution is 5.04. The summed E-state index contributed by atoms with van der Waals surface area (Å²) in [7, 11) is 0. The molecule has 2 heterocycles. The Kier molecular flexibility index (Phi) is 6.69. The van der Waals surface area contributed by atoms with Crippen LogP contribution in [0.3, 0.4) is 0 Å². The fraction of sp³-hybridized carbons (Fsp3) is 1.00. The van der Waals surface area contributed by atoms with Crippen LogP contribution in [0.4, 0.5) is 0 Å². The Hall–Kier alpha value is -0.160. The predicted octanol–water partition coefficient (Wildman–Crippen LogP) is 3.38. The Morgan fingerprint density at radius 2 is 1.55 bits per heavy atom. The fourth-order valence-electron chi connectivity index (χ4n) is 4.12. The molecule has 0 radical (unpaired) electrons. The minimum Gasteiger partial charge on any atom is -0.394 e. The third-order valence-corrected chi connectivity index (χ3v) is 5.74. The Balaban J connectivity index is 2.20. The van der Waals surface area contributed by atoms with Gasteiger partial charge in [-0.15, -0.1) is 0 Å². The molecule has 0 aromatic carbocycles. The van der Waals surface area contributed by atoms with E-state index in [9.17, 15) is 5.11 Å². The van der Waals surface area contributed by atoms with Gasteiger partial charge in [-0.3, -0.25) is 0 Å². The normalized spacial score (nSPS) is 33.5. The molecular formula is C18H35NO3. The molecule has 2 fully saturated rings. The largest absolute Gasteiger partial charge is 0.394 e. The maximum absolute atomic E-state index is 10.0. The van der Waals surface area contributed by atoms with Gasteiger partial charge in [-0.2, -0.15) is 0 Å². The van der Waals surface area contributed by atoms with E-state index in [2.05, 4.69) is 32.6 Å². The molecule has 0 aromatic rings. The average Bonchev–Trinajstić information content (AvgIpc) is 3.09. The van der Waals surface area contributed by atoms with Gasteiger partial charge in [0, 0.05) is 0 Å². The molecule has 1 N–H and O–H groups in total. The quantitative estimate of drug-likeness (QED) is 0.708. The van der Waals surface area contributed by atoms with Crippen molar-refractivity contribution in [2.45, 2.75) is 84.2 Å². The van der Waals surface area contributed by atoms with Crippen LogP contribution in [-0.4, -0.2) is 47.8 Å². The highest BCUT2D eigenvalue weighted by Gasteiger charge is 2.58. The fourth-order valence-corrected chi connectivity index (χ4v) is 4.12. The Labute approximate surface area is 136 Å². The van der Waals surface area contributed by atoms with E-state index in [0.29, 0.717) is 25.0 Å². The molecule has 2 aliphatic rings. The summed E-state index contributed by atoms with van der Waals surface area (Å²) in [5.74, 6) is 1.05. The van der Waals surface area contributed by atoms with Gasteiger partial charge < -0.3 is 14.6 Å². The van der Waals surface area contributed by atoms with Crippen LogP contribution in [0.2, 0.25) is 0 Å². The van der Waals surface area contributed by atoms with Crippen LogP contribution in [-0.2, 0) is 9.47 Å². The standard InChI is InChI=1S/C18H35NO3/c1-5-9-10-15(8-4)17-19-16(14(6-2)7-3)21-12-18(19,11-20)13-22-17/h14-17,20H,5-13H2,1-4H3. The van der Waals surface area contributed by atoms with E-state index < -0.39 is 0 Å². The predicted molar refractivity (Wildman–Crippen MR) is 88.5 cm³/mol. The van der Waals surface area contributed by atoms with E-state index >= 15 is 0 Å². The maximum atomic E-state index is 10.0. The molecule has 4 heteroatoms. The minimum atomic E-state index is -0.308. The summed E-state index contributed by atoms with van der Waals surface area (Å²) in [6, 6.07) is 0. The number of rotatable bonds is 9. The van der Waals surface area contributed by atoms with E-state index in [-0.39, 0.29) is 24.6 Å². The van der Waals surface area contributed by atoms with Crippen LogP contribution in [0, 0.1) is 11.8 Å². The van der Waals surface area contributed by atoms with Crippen molar-refractivity contribution in [1.29, 1.82) is 0 Å². The summed E-state index contributed by atoms with van der Waals surface area (Å²) >= 11 is 0. The Morgan fingerprint density at radius 1 is 1.00 bits per heavy atom. The molecule has 4 nitrogen and oxygen atoms in total. The lowest BCUT2D eigenvalue weighted by atomic mass is 9.92. The number of ether oxygens (including phenoxy) is 2.